The molecular formula is C15H19ClN2O2S. The van der Waals surface area contributed by atoms with Crippen molar-refractivity contribution >= 4 is 35.2 Å². The van der Waals surface area contributed by atoms with Crippen LogP contribution in [0.5, 0.6) is 0 Å². The van der Waals surface area contributed by atoms with Crippen molar-refractivity contribution in [2.24, 2.45) is 11.7 Å². The predicted molar refractivity (Wildman–Crippen MR) is 85.3 cm³/mol. The first-order valence-electron chi connectivity index (χ1n) is 7.02. The molecule has 1 aromatic rings. The molecule has 1 unspecified atom stereocenters. The molecule has 2 rings (SSSR count). The maximum absolute atomic E-state index is 12.2. The number of carbonyl (C=O) groups excluding carboxylic acids is 2. The fraction of sp³-hybridized carbons (Fsp3) is 0.467. The van der Waals surface area contributed by atoms with Crippen LogP contribution in [0.1, 0.15) is 19.3 Å². The van der Waals surface area contributed by atoms with E-state index in [0.29, 0.717) is 23.7 Å². The van der Waals surface area contributed by atoms with Gasteiger partial charge < -0.3 is 10.6 Å². The van der Waals surface area contributed by atoms with Crippen molar-refractivity contribution in [3.05, 3.63) is 29.3 Å². The van der Waals surface area contributed by atoms with Crippen LogP contribution in [-0.2, 0) is 9.59 Å². The molecule has 2 amide bonds. The van der Waals surface area contributed by atoms with Gasteiger partial charge in [0, 0.05) is 30.2 Å². The number of benzene rings is 1. The lowest BCUT2D eigenvalue weighted by Gasteiger charge is -2.31. The lowest BCUT2D eigenvalue weighted by Crippen LogP contribution is -2.44. The highest BCUT2D eigenvalue weighted by Gasteiger charge is 2.26. The van der Waals surface area contributed by atoms with Crippen LogP contribution in [0.4, 0.5) is 0 Å². The molecule has 6 heteroatoms. The van der Waals surface area contributed by atoms with E-state index >= 15 is 0 Å². The molecule has 1 saturated heterocycles. The number of carbonyl (C=O) groups is 2. The van der Waals surface area contributed by atoms with Gasteiger partial charge in [0.25, 0.3) is 0 Å². The Morgan fingerprint density at radius 3 is 2.86 bits per heavy atom. The molecule has 1 heterocycles. The summed E-state index contributed by atoms with van der Waals surface area (Å²) in [6.07, 6.45) is 2.08. The van der Waals surface area contributed by atoms with E-state index in [1.165, 1.54) is 0 Å². The van der Waals surface area contributed by atoms with Crippen LogP contribution in [0.15, 0.2) is 29.2 Å². The van der Waals surface area contributed by atoms with E-state index in [2.05, 4.69) is 0 Å². The van der Waals surface area contributed by atoms with E-state index in [0.717, 1.165) is 24.3 Å². The van der Waals surface area contributed by atoms with Crippen LogP contribution in [0.3, 0.4) is 0 Å². The molecule has 2 N–H and O–H groups in total. The topological polar surface area (TPSA) is 63.4 Å². The van der Waals surface area contributed by atoms with Gasteiger partial charge in [0.05, 0.1) is 10.9 Å². The summed E-state index contributed by atoms with van der Waals surface area (Å²) < 4.78 is 0. The second-order valence-electron chi connectivity index (χ2n) is 5.11. The molecule has 0 saturated carbocycles. The van der Waals surface area contributed by atoms with Gasteiger partial charge in [-0.15, -0.1) is 11.8 Å². The zero-order chi connectivity index (χ0) is 15.2. The Kier molecular flexibility index (Phi) is 5.94. The predicted octanol–water partition coefficient (Wildman–Crippen LogP) is 2.55. The number of primary amides is 1. The average molecular weight is 327 g/mol. The summed E-state index contributed by atoms with van der Waals surface area (Å²) in [5.74, 6) is 0.262. The van der Waals surface area contributed by atoms with Gasteiger partial charge in [0.2, 0.25) is 11.8 Å². The third-order valence-corrected chi connectivity index (χ3v) is 5.10. The van der Waals surface area contributed by atoms with Crippen molar-refractivity contribution in [3.63, 3.8) is 0 Å². The smallest absolute Gasteiger partial charge is 0.223 e. The van der Waals surface area contributed by atoms with Crippen molar-refractivity contribution in [3.8, 4) is 0 Å². The maximum atomic E-state index is 12.2. The molecule has 1 aromatic carbocycles. The van der Waals surface area contributed by atoms with Gasteiger partial charge in [-0.3, -0.25) is 9.59 Å². The molecule has 0 aromatic heterocycles. The number of thioether (sulfide) groups is 1. The van der Waals surface area contributed by atoms with Gasteiger partial charge in [-0.25, -0.2) is 0 Å². The number of likely N-dealkylation sites (tertiary alicyclic amines) is 1. The molecule has 114 valence electrons. The number of rotatable bonds is 5. The first kappa shape index (κ1) is 16.2. The third kappa shape index (κ3) is 4.64. The van der Waals surface area contributed by atoms with Gasteiger partial charge in [0.15, 0.2) is 0 Å². The number of hydrogen-bond acceptors (Lipinski definition) is 3. The largest absolute Gasteiger partial charge is 0.369 e. The summed E-state index contributed by atoms with van der Waals surface area (Å²) in [4.78, 5) is 26.1. The first-order chi connectivity index (χ1) is 10.1. The van der Waals surface area contributed by atoms with E-state index < -0.39 is 0 Å². The Bertz CT molecular complexity index is 524. The number of nitrogens with zero attached hydrogens (tertiary/aromatic N) is 1. The summed E-state index contributed by atoms with van der Waals surface area (Å²) in [6, 6.07) is 7.60. The standard InChI is InChI=1S/C15H19ClN2O2S/c16-12-5-1-2-6-13(12)21-9-7-14(19)18-8-3-4-11(10-18)15(17)20/h1-2,5-6,11H,3-4,7-10H2,(H2,17,20). The van der Waals surface area contributed by atoms with Crippen LogP contribution < -0.4 is 5.73 Å². The zero-order valence-corrected chi connectivity index (χ0v) is 13.3. The number of piperidine rings is 1. The summed E-state index contributed by atoms with van der Waals surface area (Å²) in [5.41, 5.74) is 5.33. The van der Waals surface area contributed by atoms with E-state index in [9.17, 15) is 9.59 Å². The summed E-state index contributed by atoms with van der Waals surface area (Å²) in [6.45, 7) is 1.18. The van der Waals surface area contributed by atoms with Gasteiger partial charge >= 0.3 is 0 Å². The molecule has 0 spiro atoms. The number of halogens is 1. The van der Waals surface area contributed by atoms with Gasteiger partial charge in [-0.2, -0.15) is 0 Å². The van der Waals surface area contributed by atoms with Crippen molar-refractivity contribution < 1.29 is 9.59 Å². The minimum absolute atomic E-state index is 0.0838. The van der Waals surface area contributed by atoms with Gasteiger partial charge in [-0.05, 0) is 25.0 Å². The highest BCUT2D eigenvalue weighted by molar-refractivity contribution is 7.99. The average Bonchev–Trinajstić information content (AvgIpc) is 2.49. The summed E-state index contributed by atoms with van der Waals surface area (Å²) >= 11 is 7.65. The second-order valence-corrected chi connectivity index (χ2v) is 6.65. The molecule has 0 radical (unpaired) electrons. The molecule has 0 aliphatic carbocycles. The number of amides is 2. The normalized spacial score (nSPS) is 18.5. The van der Waals surface area contributed by atoms with Gasteiger partial charge in [0.1, 0.15) is 0 Å². The van der Waals surface area contributed by atoms with Crippen LogP contribution in [0.25, 0.3) is 0 Å². The zero-order valence-electron chi connectivity index (χ0n) is 11.8. The van der Waals surface area contributed by atoms with Crippen LogP contribution in [-0.4, -0.2) is 35.6 Å². The van der Waals surface area contributed by atoms with E-state index in [4.69, 9.17) is 17.3 Å². The van der Waals surface area contributed by atoms with Crippen molar-refractivity contribution in [1.29, 1.82) is 0 Å². The van der Waals surface area contributed by atoms with E-state index in [-0.39, 0.29) is 17.7 Å². The minimum atomic E-state index is -0.307. The number of hydrogen-bond donors (Lipinski definition) is 1. The molecule has 4 nitrogen and oxygen atoms in total. The quantitative estimate of drug-likeness (QED) is 0.846. The Morgan fingerprint density at radius 1 is 1.38 bits per heavy atom. The highest BCUT2D eigenvalue weighted by atomic mass is 35.5. The molecule has 0 bridgehead atoms. The van der Waals surface area contributed by atoms with E-state index in [1.807, 2.05) is 24.3 Å². The Hall–Kier alpha value is -1.20. The fourth-order valence-electron chi connectivity index (χ4n) is 2.40. The molecule has 1 aliphatic rings. The molecular weight excluding hydrogens is 308 g/mol. The molecule has 1 aliphatic heterocycles. The fourth-order valence-corrected chi connectivity index (χ4v) is 3.58. The summed E-state index contributed by atoms with van der Waals surface area (Å²) in [5, 5.41) is 0.710. The first-order valence-corrected chi connectivity index (χ1v) is 8.38. The van der Waals surface area contributed by atoms with Crippen LogP contribution in [0, 0.1) is 5.92 Å². The van der Waals surface area contributed by atoms with Crippen LogP contribution >= 0.6 is 23.4 Å². The minimum Gasteiger partial charge on any atom is -0.369 e. The molecule has 1 fully saturated rings. The number of nitrogens with two attached hydrogens (primary N) is 1. The monoisotopic (exact) mass is 326 g/mol. The van der Waals surface area contributed by atoms with Crippen LogP contribution in [0.2, 0.25) is 5.02 Å². The van der Waals surface area contributed by atoms with E-state index in [1.54, 1.807) is 16.7 Å². The Balaban J connectivity index is 1.79. The second kappa shape index (κ2) is 7.71. The summed E-state index contributed by atoms with van der Waals surface area (Å²) in [7, 11) is 0. The van der Waals surface area contributed by atoms with Crippen molar-refractivity contribution in [2.75, 3.05) is 18.8 Å². The molecule has 1 atom stereocenters. The maximum Gasteiger partial charge on any atom is 0.223 e. The Morgan fingerprint density at radius 2 is 2.14 bits per heavy atom. The molecule has 21 heavy (non-hydrogen) atoms. The Labute approximate surface area is 134 Å². The lowest BCUT2D eigenvalue weighted by atomic mass is 9.97. The third-order valence-electron chi connectivity index (χ3n) is 3.59. The van der Waals surface area contributed by atoms with Crippen molar-refractivity contribution in [2.45, 2.75) is 24.2 Å². The lowest BCUT2D eigenvalue weighted by molar-refractivity contribution is -0.134. The van der Waals surface area contributed by atoms with Gasteiger partial charge in [-0.1, -0.05) is 23.7 Å². The van der Waals surface area contributed by atoms with Crippen molar-refractivity contribution in [1.82, 2.24) is 4.90 Å². The SMILES string of the molecule is NC(=O)C1CCCN(C(=O)CCSc2ccccc2Cl)C1. The highest BCUT2D eigenvalue weighted by Crippen LogP contribution is 2.27.